The highest BCUT2D eigenvalue weighted by atomic mass is 16.3. The number of fused-ring (bicyclic) bond motifs is 17. The van der Waals surface area contributed by atoms with Gasteiger partial charge in [0, 0.05) is 10.8 Å². The van der Waals surface area contributed by atoms with Crippen LogP contribution in [0.4, 0.5) is 0 Å². The molecule has 1 spiro atoms. The Balaban J connectivity index is 1.18. The lowest BCUT2D eigenvalue weighted by Crippen LogP contribution is -2.26. The summed E-state index contributed by atoms with van der Waals surface area (Å²) in [5.74, 6) is 0. The third kappa shape index (κ3) is 3.84. The molecule has 0 unspecified atom stereocenters. The molecular formula is C55H32O. The Kier molecular flexibility index (Phi) is 5.89. The first kappa shape index (κ1) is 30.1. The van der Waals surface area contributed by atoms with E-state index in [0.717, 1.165) is 21.9 Å². The Labute approximate surface area is 323 Å². The number of hydrogen-bond donors (Lipinski definition) is 0. The smallest absolute Gasteiger partial charge is 0.136 e. The van der Waals surface area contributed by atoms with Crippen molar-refractivity contribution in [3.8, 4) is 44.5 Å². The van der Waals surface area contributed by atoms with Crippen LogP contribution in [-0.2, 0) is 5.41 Å². The largest absolute Gasteiger partial charge is 0.456 e. The van der Waals surface area contributed by atoms with Crippen LogP contribution in [0.5, 0.6) is 0 Å². The SMILES string of the molecule is c1ccc2c(c1)-c1ccccc1C21c2ccccc2-c2c(-c3ccc4ccccc4c3)cc3ccc(-c4cccc5oc6cc7ccccc7cc6c45)cc3c21. The Morgan fingerprint density at radius 2 is 0.875 bits per heavy atom. The fourth-order valence-corrected chi connectivity index (χ4v) is 10.5. The van der Waals surface area contributed by atoms with Crippen molar-refractivity contribution in [3.05, 3.63) is 216 Å². The molecule has 258 valence electrons. The molecule has 13 rings (SSSR count). The molecule has 0 saturated heterocycles. The predicted molar refractivity (Wildman–Crippen MR) is 233 cm³/mol. The zero-order valence-corrected chi connectivity index (χ0v) is 30.4. The average Bonchev–Trinajstić information content (AvgIpc) is 3.89. The van der Waals surface area contributed by atoms with Crippen LogP contribution in [0.25, 0.3) is 98.8 Å². The molecule has 2 aliphatic carbocycles. The highest BCUT2D eigenvalue weighted by molar-refractivity contribution is 6.17. The van der Waals surface area contributed by atoms with Crippen LogP contribution in [-0.4, -0.2) is 0 Å². The molecule has 0 saturated carbocycles. The summed E-state index contributed by atoms with van der Waals surface area (Å²) in [6, 6.07) is 72.2. The first-order chi connectivity index (χ1) is 27.8. The fourth-order valence-electron chi connectivity index (χ4n) is 10.5. The van der Waals surface area contributed by atoms with Gasteiger partial charge in [-0.3, -0.25) is 0 Å². The molecular weight excluding hydrogens is 677 g/mol. The molecule has 0 bridgehead atoms. The van der Waals surface area contributed by atoms with Crippen LogP contribution in [0.15, 0.2) is 199 Å². The second kappa shape index (κ2) is 10.9. The lowest BCUT2D eigenvalue weighted by Gasteiger charge is -2.32. The van der Waals surface area contributed by atoms with Gasteiger partial charge in [0.15, 0.2) is 0 Å². The third-order valence-electron chi connectivity index (χ3n) is 12.8. The van der Waals surface area contributed by atoms with Crippen molar-refractivity contribution in [3.63, 3.8) is 0 Å². The topological polar surface area (TPSA) is 13.1 Å². The lowest BCUT2D eigenvalue weighted by molar-refractivity contribution is 0.669. The monoisotopic (exact) mass is 708 g/mol. The van der Waals surface area contributed by atoms with Gasteiger partial charge in [-0.1, -0.05) is 158 Å². The van der Waals surface area contributed by atoms with Gasteiger partial charge in [-0.25, -0.2) is 0 Å². The Bertz CT molecular complexity index is 3440. The van der Waals surface area contributed by atoms with E-state index in [1.54, 1.807) is 0 Å². The highest BCUT2D eigenvalue weighted by Crippen LogP contribution is 2.65. The molecule has 2 aliphatic rings. The minimum atomic E-state index is -0.490. The maximum atomic E-state index is 6.58. The third-order valence-corrected chi connectivity index (χ3v) is 12.8. The van der Waals surface area contributed by atoms with Crippen LogP contribution < -0.4 is 0 Å². The fraction of sp³-hybridized carbons (Fsp3) is 0.0182. The lowest BCUT2D eigenvalue weighted by atomic mass is 9.69. The maximum absolute atomic E-state index is 6.58. The number of hydrogen-bond acceptors (Lipinski definition) is 1. The van der Waals surface area contributed by atoms with E-state index in [4.69, 9.17) is 4.42 Å². The van der Waals surface area contributed by atoms with Gasteiger partial charge in [0.1, 0.15) is 11.2 Å². The molecule has 11 aromatic rings. The molecule has 0 N–H and O–H groups in total. The summed E-state index contributed by atoms with van der Waals surface area (Å²) in [5, 5.41) is 9.72. The quantitative estimate of drug-likeness (QED) is 0.174. The van der Waals surface area contributed by atoms with Crippen molar-refractivity contribution in [2.45, 2.75) is 5.41 Å². The molecule has 0 amide bonds. The summed E-state index contributed by atoms with van der Waals surface area (Å²) in [5.41, 5.74) is 16.9. The maximum Gasteiger partial charge on any atom is 0.136 e. The molecule has 56 heavy (non-hydrogen) atoms. The van der Waals surface area contributed by atoms with E-state index < -0.39 is 5.41 Å². The number of furan rings is 1. The minimum Gasteiger partial charge on any atom is -0.456 e. The molecule has 1 aromatic heterocycles. The van der Waals surface area contributed by atoms with E-state index in [-0.39, 0.29) is 0 Å². The van der Waals surface area contributed by atoms with E-state index >= 15 is 0 Å². The minimum absolute atomic E-state index is 0.490. The first-order valence-electron chi connectivity index (χ1n) is 19.5. The zero-order valence-electron chi connectivity index (χ0n) is 30.4. The van der Waals surface area contributed by atoms with Crippen molar-refractivity contribution < 1.29 is 4.42 Å². The van der Waals surface area contributed by atoms with E-state index in [2.05, 4.69) is 194 Å². The Hall–Kier alpha value is -7.22. The molecule has 0 atom stereocenters. The summed E-state index contributed by atoms with van der Waals surface area (Å²) in [7, 11) is 0. The number of benzene rings is 10. The van der Waals surface area contributed by atoms with Gasteiger partial charge in [-0.05, 0) is 135 Å². The normalized spacial score (nSPS) is 13.5. The standard InChI is InChI=1S/C55H32O/c1-2-13-34-28-37(25-24-33(34)12-1)44-30-39-27-26-38(40-19-11-23-50-52(40)46-29-35-14-3-4-15-36(35)32-51(46)56-50)31-45(39)54-53(44)43-18-7-10-22-49(43)55(54)47-20-8-5-16-41(47)42-17-6-9-21-48(42)55/h1-32H. The van der Waals surface area contributed by atoms with E-state index in [0.29, 0.717) is 0 Å². The highest BCUT2D eigenvalue weighted by Gasteiger charge is 2.53. The molecule has 1 heterocycles. The van der Waals surface area contributed by atoms with E-state index in [1.165, 1.54) is 99.1 Å². The molecule has 0 aliphatic heterocycles. The van der Waals surface area contributed by atoms with Gasteiger partial charge in [-0.15, -0.1) is 0 Å². The second-order valence-electron chi connectivity index (χ2n) is 15.5. The molecule has 0 fully saturated rings. The van der Waals surface area contributed by atoms with Crippen LogP contribution >= 0.6 is 0 Å². The van der Waals surface area contributed by atoms with Crippen LogP contribution in [0, 0.1) is 0 Å². The summed E-state index contributed by atoms with van der Waals surface area (Å²) >= 11 is 0. The molecule has 10 aromatic carbocycles. The van der Waals surface area contributed by atoms with Crippen LogP contribution in [0.1, 0.15) is 22.3 Å². The summed E-state index contributed by atoms with van der Waals surface area (Å²) in [6.07, 6.45) is 0. The van der Waals surface area contributed by atoms with Crippen molar-refractivity contribution in [1.29, 1.82) is 0 Å². The van der Waals surface area contributed by atoms with Gasteiger partial charge >= 0.3 is 0 Å². The zero-order chi connectivity index (χ0) is 36.5. The Morgan fingerprint density at radius 3 is 1.61 bits per heavy atom. The van der Waals surface area contributed by atoms with Crippen molar-refractivity contribution in [2.75, 3.05) is 0 Å². The van der Waals surface area contributed by atoms with Crippen molar-refractivity contribution in [1.82, 2.24) is 0 Å². The van der Waals surface area contributed by atoms with Crippen LogP contribution in [0.3, 0.4) is 0 Å². The van der Waals surface area contributed by atoms with Crippen molar-refractivity contribution >= 4 is 54.3 Å². The summed E-state index contributed by atoms with van der Waals surface area (Å²) in [6.45, 7) is 0. The van der Waals surface area contributed by atoms with Crippen LogP contribution in [0.2, 0.25) is 0 Å². The molecule has 1 heteroatoms. The first-order valence-corrected chi connectivity index (χ1v) is 19.5. The van der Waals surface area contributed by atoms with Gasteiger partial charge in [-0.2, -0.15) is 0 Å². The average molecular weight is 709 g/mol. The van der Waals surface area contributed by atoms with Gasteiger partial charge < -0.3 is 4.42 Å². The van der Waals surface area contributed by atoms with Gasteiger partial charge in [0.25, 0.3) is 0 Å². The Morgan fingerprint density at radius 1 is 0.321 bits per heavy atom. The van der Waals surface area contributed by atoms with E-state index in [1.807, 2.05) is 0 Å². The molecule has 1 nitrogen and oxygen atoms in total. The van der Waals surface area contributed by atoms with Gasteiger partial charge in [0.2, 0.25) is 0 Å². The molecule has 0 radical (unpaired) electrons. The van der Waals surface area contributed by atoms with Gasteiger partial charge in [0.05, 0.1) is 5.41 Å². The number of rotatable bonds is 2. The van der Waals surface area contributed by atoms with Crippen molar-refractivity contribution in [2.24, 2.45) is 0 Å². The van der Waals surface area contributed by atoms with E-state index in [9.17, 15) is 0 Å². The predicted octanol–water partition coefficient (Wildman–Crippen LogP) is 14.7. The summed E-state index contributed by atoms with van der Waals surface area (Å²) in [4.78, 5) is 0. The second-order valence-corrected chi connectivity index (χ2v) is 15.5. The summed E-state index contributed by atoms with van der Waals surface area (Å²) < 4.78 is 6.58.